The molecule has 0 aromatic rings. The monoisotopic (exact) mass is 1300 g/mol. The largest absolute Gasteiger partial charge is 0.454 e. The van der Waals surface area contributed by atoms with Crippen LogP contribution in [0.25, 0.3) is 0 Å². The molecule has 11 heteroatoms. The lowest BCUT2D eigenvalue weighted by atomic mass is 9.99. The second-order valence-electron chi connectivity index (χ2n) is 26.7. The van der Waals surface area contributed by atoms with Crippen LogP contribution in [-0.4, -0.2) is 99.6 Å². The Hall–Kier alpha value is -3.42. The first-order chi connectivity index (χ1) is 45.7. The average Bonchev–Trinajstić information content (AvgIpc) is 0.910. The van der Waals surface area contributed by atoms with E-state index in [0.29, 0.717) is 12.8 Å². The Kier molecular flexibility index (Phi) is 64.5. The highest BCUT2D eigenvalue weighted by Crippen LogP contribution is 2.26. The van der Waals surface area contributed by atoms with Gasteiger partial charge in [-0.05, 0) is 103 Å². The fraction of sp³-hybridized carbons (Fsp3) is 0.780. The van der Waals surface area contributed by atoms with Crippen LogP contribution in [0, 0.1) is 0 Å². The Bertz CT molecular complexity index is 1890. The van der Waals surface area contributed by atoms with Crippen molar-refractivity contribution in [1.82, 2.24) is 5.32 Å². The van der Waals surface area contributed by atoms with E-state index in [4.69, 9.17) is 14.2 Å². The molecule has 0 saturated carbocycles. The zero-order valence-electron chi connectivity index (χ0n) is 60.1. The molecular formula is C82H145NO10. The molecule has 0 aromatic carbocycles. The molecule has 0 spiro atoms. The molecule has 1 saturated heterocycles. The van der Waals surface area contributed by atoms with Gasteiger partial charge in [0.2, 0.25) is 5.91 Å². The molecule has 0 radical (unpaired) electrons. The van der Waals surface area contributed by atoms with Gasteiger partial charge in [-0.15, -0.1) is 0 Å². The van der Waals surface area contributed by atoms with E-state index in [0.717, 1.165) is 103 Å². The number of unbranched alkanes of at least 4 members (excludes halogenated alkanes) is 39. The molecule has 0 bridgehead atoms. The summed E-state index contributed by atoms with van der Waals surface area (Å²) in [5.74, 6) is -1.19. The van der Waals surface area contributed by atoms with Crippen LogP contribution in [-0.2, 0) is 23.8 Å². The lowest BCUT2D eigenvalue weighted by Gasteiger charge is -2.41. The Morgan fingerprint density at radius 1 is 0.430 bits per heavy atom. The lowest BCUT2D eigenvalue weighted by molar-refractivity contribution is -0.305. The van der Waals surface area contributed by atoms with Gasteiger partial charge in [0, 0.05) is 6.42 Å². The summed E-state index contributed by atoms with van der Waals surface area (Å²) >= 11 is 0. The third-order valence-electron chi connectivity index (χ3n) is 18.0. The number of carbonyl (C=O) groups is 2. The third-order valence-corrected chi connectivity index (χ3v) is 18.0. The molecular weight excluding hydrogens is 1160 g/mol. The van der Waals surface area contributed by atoms with Gasteiger partial charge in [0.15, 0.2) is 12.4 Å². The molecule has 1 rings (SSSR count). The Balaban J connectivity index is 2.53. The van der Waals surface area contributed by atoms with Crippen LogP contribution in [0.15, 0.2) is 97.2 Å². The number of nitrogens with one attached hydrogen (secondary N) is 1. The maximum atomic E-state index is 13.5. The number of rotatable bonds is 67. The van der Waals surface area contributed by atoms with Crippen LogP contribution in [0.3, 0.4) is 0 Å². The highest BCUT2D eigenvalue weighted by atomic mass is 16.7. The summed E-state index contributed by atoms with van der Waals surface area (Å²) in [7, 11) is 0. The average molecular weight is 1310 g/mol. The number of aliphatic hydroxyl groups excluding tert-OH is 5. The van der Waals surface area contributed by atoms with Crippen LogP contribution >= 0.6 is 0 Å². The van der Waals surface area contributed by atoms with E-state index in [2.05, 4.69) is 111 Å². The van der Waals surface area contributed by atoms with Gasteiger partial charge in [-0.3, -0.25) is 9.59 Å². The van der Waals surface area contributed by atoms with Gasteiger partial charge >= 0.3 is 5.97 Å². The molecule has 1 fully saturated rings. The maximum Gasteiger partial charge on any atom is 0.306 e. The fourth-order valence-corrected chi connectivity index (χ4v) is 11.9. The standard InChI is InChI=1S/C82H145NO10/c1-4-7-10-13-16-19-22-25-27-29-31-33-35-37-39-40-42-44-46-48-51-54-57-60-63-66-69-75(86)81(90)83-73(74(85)68-65-62-59-56-53-50-24-21-18-15-12-9-6-3)72-91-82-80(79(89)78(88)76(71-84)92-82)93-77(87)70-67-64-61-58-55-52-49-47-45-43-41-38-36-34-32-30-28-26-23-20-17-14-11-8-5-2/h7,10,16-17,19-20,25-28,31,33,37,39,65,68,73-76,78-80,82,84-86,88-89H,4-6,8-9,11-15,18,21-24,29-30,32,34-36,38,40-64,66-67,69-72H2,1-3H3,(H,83,90)/b10-7-,19-16-,20-17-,27-25-,28-26-,33-31-,39-37-,68-65+. The summed E-state index contributed by atoms with van der Waals surface area (Å²) in [5.41, 5.74) is 0. The molecule has 1 amide bonds. The van der Waals surface area contributed by atoms with Crippen LogP contribution < -0.4 is 5.32 Å². The first-order valence-electron chi connectivity index (χ1n) is 39.0. The summed E-state index contributed by atoms with van der Waals surface area (Å²) < 4.78 is 17.8. The predicted octanol–water partition coefficient (Wildman–Crippen LogP) is 21.0. The van der Waals surface area contributed by atoms with Gasteiger partial charge in [0.05, 0.1) is 25.4 Å². The Labute approximate surface area is 571 Å². The topological polar surface area (TPSA) is 175 Å². The number of hydrogen-bond acceptors (Lipinski definition) is 10. The quantitative estimate of drug-likeness (QED) is 0.0195. The summed E-state index contributed by atoms with van der Waals surface area (Å²) in [6.45, 7) is 5.70. The fourth-order valence-electron chi connectivity index (χ4n) is 11.9. The Morgan fingerprint density at radius 3 is 1.18 bits per heavy atom. The highest BCUT2D eigenvalue weighted by molar-refractivity contribution is 5.80. The van der Waals surface area contributed by atoms with Gasteiger partial charge in [0.25, 0.3) is 0 Å². The molecule has 1 aliphatic heterocycles. The molecule has 0 aromatic heterocycles. The number of allylic oxidation sites excluding steroid dienone is 15. The first kappa shape index (κ1) is 87.6. The van der Waals surface area contributed by atoms with Crippen molar-refractivity contribution < 1.29 is 49.3 Å². The van der Waals surface area contributed by atoms with E-state index in [9.17, 15) is 35.1 Å². The normalized spacial score (nSPS) is 18.4. The summed E-state index contributed by atoms with van der Waals surface area (Å²) in [6.07, 6.45) is 83.0. The zero-order valence-corrected chi connectivity index (χ0v) is 60.1. The lowest BCUT2D eigenvalue weighted by Crippen LogP contribution is -2.61. The third kappa shape index (κ3) is 55.3. The van der Waals surface area contributed by atoms with Crippen LogP contribution in [0.1, 0.15) is 348 Å². The number of carbonyl (C=O) groups excluding carboxylic acids is 2. The van der Waals surface area contributed by atoms with Gasteiger partial charge in [0.1, 0.15) is 24.4 Å². The van der Waals surface area contributed by atoms with Gasteiger partial charge in [-0.1, -0.05) is 336 Å². The molecule has 11 nitrogen and oxygen atoms in total. The zero-order chi connectivity index (χ0) is 67.4. The van der Waals surface area contributed by atoms with Crippen molar-refractivity contribution in [1.29, 1.82) is 0 Å². The summed E-state index contributed by atoms with van der Waals surface area (Å²) in [4.78, 5) is 26.8. The van der Waals surface area contributed by atoms with Crippen LogP contribution in [0.5, 0.6) is 0 Å². The van der Waals surface area contributed by atoms with E-state index >= 15 is 0 Å². The smallest absolute Gasteiger partial charge is 0.306 e. The second-order valence-corrected chi connectivity index (χ2v) is 26.7. The summed E-state index contributed by atoms with van der Waals surface area (Å²) in [6, 6.07) is -1.03. The maximum absolute atomic E-state index is 13.5. The van der Waals surface area contributed by atoms with Crippen molar-refractivity contribution in [2.75, 3.05) is 13.2 Å². The van der Waals surface area contributed by atoms with Crippen molar-refractivity contribution in [2.24, 2.45) is 0 Å². The van der Waals surface area contributed by atoms with E-state index < -0.39 is 67.4 Å². The molecule has 8 unspecified atom stereocenters. The number of esters is 1. The Morgan fingerprint density at radius 2 is 0.774 bits per heavy atom. The van der Waals surface area contributed by atoms with Crippen molar-refractivity contribution in [2.45, 2.75) is 397 Å². The number of hydrogen-bond donors (Lipinski definition) is 6. The van der Waals surface area contributed by atoms with E-state index in [1.807, 2.05) is 6.08 Å². The minimum atomic E-state index is -1.62. The van der Waals surface area contributed by atoms with Crippen molar-refractivity contribution in [3.05, 3.63) is 97.2 Å². The van der Waals surface area contributed by atoms with Crippen molar-refractivity contribution in [3.8, 4) is 0 Å². The number of ether oxygens (including phenoxy) is 3. The molecule has 538 valence electrons. The van der Waals surface area contributed by atoms with E-state index in [1.165, 1.54) is 199 Å². The minimum absolute atomic E-state index is 0.122. The minimum Gasteiger partial charge on any atom is -0.454 e. The van der Waals surface area contributed by atoms with Gasteiger partial charge in [-0.25, -0.2) is 0 Å². The van der Waals surface area contributed by atoms with Crippen LogP contribution in [0.2, 0.25) is 0 Å². The predicted molar refractivity (Wildman–Crippen MR) is 393 cm³/mol. The van der Waals surface area contributed by atoms with Crippen molar-refractivity contribution in [3.63, 3.8) is 0 Å². The molecule has 1 aliphatic rings. The van der Waals surface area contributed by atoms with E-state index in [1.54, 1.807) is 6.08 Å². The first-order valence-corrected chi connectivity index (χ1v) is 39.0. The molecule has 93 heavy (non-hydrogen) atoms. The second kappa shape index (κ2) is 68.5. The molecule has 8 atom stereocenters. The van der Waals surface area contributed by atoms with Gasteiger partial charge in [-0.2, -0.15) is 0 Å². The van der Waals surface area contributed by atoms with E-state index in [-0.39, 0.29) is 19.4 Å². The number of amides is 1. The van der Waals surface area contributed by atoms with Gasteiger partial charge < -0.3 is 45.1 Å². The van der Waals surface area contributed by atoms with Crippen LogP contribution in [0.4, 0.5) is 0 Å². The number of aliphatic hydroxyl groups is 5. The molecule has 6 N–H and O–H groups in total. The molecule has 1 heterocycles. The van der Waals surface area contributed by atoms with Crippen molar-refractivity contribution >= 4 is 11.9 Å². The molecule has 0 aliphatic carbocycles. The highest BCUT2D eigenvalue weighted by Gasteiger charge is 2.47. The summed E-state index contributed by atoms with van der Waals surface area (Å²) in [5, 5.41) is 57.4. The SMILES string of the molecule is CC/C=C\C/C=C\C/C=C\C/C=C\C/C=C\CCCCCCCCCCCCC(O)C(=O)NC(COC1OC(CO)C(O)C(O)C1OC(=O)CCCCCCCCCCCCCCCCC/C=C\C/C=C\CCCCC)C(O)/C=C/CCCCCCCCCCCCC.